The Labute approximate surface area is 234 Å². The molecule has 0 unspecified atom stereocenters. The van der Waals surface area contributed by atoms with Crippen molar-refractivity contribution in [3.63, 3.8) is 0 Å². The predicted octanol–water partition coefficient (Wildman–Crippen LogP) is 2.31. The van der Waals surface area contributed by atoms with E-state index in [1.54, 1.807) is 34.8 Å². The first-order chi connectivity index (χ1) is 19.2. The maximum absolute atomic E-state index is 13.5. The Bertz CT molecular complexity index is 1350. The molecule has 1 aromatic carbocycles. The van der Waals surface area contributed by atoms with Crippen molar-refractivity contribution in [2.75, 3.05) is 26.7 Å². The van der Waals surface area contributed by atoms with Gasteiger partial charge in [0.05, 0.1) is 43.4 Å². The van der Waals surface area contributed by atoms with E-state index in [4.69, 9.17) is 9.47 Å². The summed E-state index contributed by atoms with van der Waals surface area (Å²) in [6.07, 6.45) is 3.18. The summed E-state index contributed by atoms with van der Waals surface area (Å²) in [6.45, 7) is 4.55. The van der Waals surface area contributed by atoms with Crippen LogP contribution in [0.1, 0.15) is 32.4 Å². The number of hydrogen-bond donors (Lipinski definition) is 1. The molecule has 1 N–H and O–H groups in total. The minimum Gasteiger partial charge on any atom is -0.439 e. The van der Waals surface area contributed by atoms with E-state index >= 15 is 0 Å². The zero-order chi connectivity index (χ0) is 28.7. The number of para-hydroxylation sites is 1. The standard InChI is InChI=1S/C27H36N6O6S/c1-20-16-32(21(2)18-34)27(35)10-7-13-33-22(14-29-30-33)19-38-25(20)17-31(3)40(36,37)24-11-12-26(28-15-24)39-23-8-5-4-6-9-23/h4-6,8-9,11-12,14-15,20-21,25,34H,7,10,13,16-19H2,1-3H3/t20-,21-,25+/m1/s1. The van der Waals surface area contributed by atoms with Gasteiger partial charge in [-0.25, -0.2) is 18.1 Å². The number of pyridine rings is 1. The summed E-state index contributed by atoms with van der Waals surface area (Å²) < 4.78 is 41.8. The molecule has 3 heterocycles. The van der Waals surface area contributed by atoms with E-state index in [0.717, 1.165) is 5.69 Å². The molecule has 1 aliphatic rings. The Hall–Kier alpha value is -3.39. The van der Waals surface area contributed by atoms with Gasteiger partial charge in [0.15, 0.2) is 0 Å². The summed E-state index contributed by atoms with van der Waals surface area (Å²) in [4.78, 5) is 18.9. The van der Waals surface area contributed by atoms with Crippen molar-refractivity contribution in [1.29, 1.82) is 0 Å². The van der Waals surface area contributed by atoms with Crippen molar-refractivity contribution in [1.82, 2.24) is 29.2 Å². The Kier molecular flexibility index (Phi) is 9.85. The number of aromatic nitrogens is 4. The van der Waals surface area contributed by atoms with Gasteiger partial charge in [0, 0.05) is 45.1 Å². The Morgan fingerprint density at radius 3 is 2.67 bits per heavy atom. The molecule has 4 rings (SSSR count). The highest BCUT2D eigenvalue weighted by molar-refractivity contribution is 7.89. The summed E-state index contributed by atoms with van der Waals surface area (Å²) in [6, 6.07) is 11.7. The molecule has 0 fully saturated rings. The van der Waals surface area contributed by atoms with Gasteiger partial charge in [-0.1, -0.05) is 30.3 Å². The summed E-state index contributed by atoms with van der Waals surface area (Å²) >= 11 is 0. The van der Waals surface area contributed by atoms with Crippen molar-refractivity contribution in [3.8, 4) is 11.6 Å². The molecular formula is C27H36N6O6S. The average molecular weight is 573 g/mol. The van der Waals surface area contributed by atoms with Gasteiger partial charge < -0.3 is 19.5 Å². The van der Waals surface area contributed by atoms with Crippen molar-refractivity contribution >= 4 is 15.9 Å². The number of amides is 1. The van der Waals surface area contributed by atoms with Gasteiger partial charge in [-0.05, 0) is 31.5 Å². The fraction of sp³-hybridized carbons (Fsp3) is 0.481. The molecular weight excluding hydrogens is 536 g/mol. The molecule has 1 amide bonds. The van der Waals surface area contributed by atoms with Crippen molar-refractivity contribution in [2.45, 2.75) is 56.9 Å². The topological polar surface area (TPSA) is 140 Å². The van der Waals surface area contributed by atoms with E-state index in [1.807, 2.05) is 25.1 Å². The van der Waals surface area contributed by atoms with Crippen LogP contribution in [0.3, 0.4) is 0 Å². The van der Waals surface area contributed by atoms with E-state index in [1.165, 1.54) is 29.7 Å². The van der Waals surface area contributed by atoms with Gasteiger partial charge >= 0.3 is 0 Å². The van der Waals surface area contributed by atoms with Gasteiger partial charge in [-0.3, -0.25) is 4.79 Å². The monoisotopic (exact) mass is 572 g/mol. The number of sulfonamides is 1. The van der Waals surface area contributed by atoms with Crippen LogP contribution in [0, 0.1) is 5.92 Å². The van der Waals surface area contributed by atoms with Crippen LogP contribution in [-0.4, -0.2) is 87.5 Å². The third kappa shape index (κ3) is 7.22. The third-order valence-electron chi connectivity index (χ3n) is 6.96. The summed E-state index contributed by atoms with van der Waals surface area (Å²) in [5.74, 6) is 0.534. The van der Waals surface area contributed by atoms with Gasteiger partial charge in [0.1, 0.15) is 10.6 Å². The molecule has 1 aliphatic heterocycles. The molecule has 0 saturated heterocycles. The third-order valence-corrected chi connectivity index (χ3v) is 8.77. The van der Waals surface area contributed by atoms with Crippen molar-refractivity contribution in [3.05, 3.63) is 60.6 Å². The lowest BCUT2D eigenvalue weighted by Gasteiger charge is -2.35. The predicted molar refractivity (Wildman–Crippen MR) is 146 cm³/mol. The summed E-state index contributed by atoms with van der Waals surface area (Å²) in [5, 5.41) is 17.8. The zero-order valence-corrected chi connectivity index (χ0v) is 23.8. The van der Waals surface area contributed by atoms with Crippen LogP contribution in [-0.2, 0) is 32.7 Å². The maximum atomic E-state index is 13.5. The average Bonchev–Trinajstić information content (AvgIpc) is 3.40. The van der Waals surface area contributed by atoms with Gasteiger partial charge in [0.25, 0.3) is 0 Å². The van der Waals surface area contributed by atoms with Crippen LogP contribution in [0.15, 0.2) is 59.8 Å². The van der Waals surface area contributed by atoms with Crippen LogP contribution >= 0.6 is 0 Å². The Balaban J connectivity index is 1.52. The molecule has 0 bridgehead atoms. The highest BCUT2D eigenvalue weighted by Crippen LogP contribution is 2.23. The Morgan fingerprint density at radius 2 is 1.98 bits per heavy atom. The first kappa shape index (κ1) is 29.6. The molecule has 0 radical (unpaired) electrons. The largest absolute Gasteiger partial charge is 0.439 e. The van der Waals surface area contributed by atoms with E-state index in [-0.39, 0.29) is 48.4 Å². The summed E-state index contributed by atoms with van der Waals surface area (Å²) in [7, 11) is -2.42. The van der Waals surface area contributed by atoms with E-state index in [2.05, 4.69) is 15.3 Å². The van der Waals surface area contributed by atoms with Crippen LogP contribution < -0.4 is 4.74 Å². The lowest BCUT2D eigenvalue weighted by molar-refractivity contribution is -0.136. The van der Waals surface area contributed by atoms with E-state index < -0.39 is 16.1 Å². The number of ether oxygens (including phenoxy) is 2. The number of hydrogen-bond acceptors (Lipinski definition) is 9. The molecule has 13 heteroatoms. The normalized spacial score (nSPS) is 19.9. The minimum absolute atomic E-state index is 0.0178. The first-order valence-electron chi connectivity index (χ1n) is 13.2. The van der Waals surface area contributed by atoms with Crippen LogP contribution in [0.2, 0.25) is 0 Å². The molecule has 3 atom stereocenters. The molecule has 40 heavy (non-hydrogen) atoms. The number of aliphatic hydroxyl groups excluding tert-OH is 1. The molecule has 0 saturated carbocycles. The number of likely N-dealkylation sites (N-methyl/N-ethyl adjacent to an activating group) is 1. The SMILES string of the molecule is C[C@@H]1CN([C@H](C)CO)C(=O)CCCn2nncc2CO[C@H]1CN(C)S(=O)(=O)c1ccc(Oc2ccccc2)nc1. The maximum Gasteiger partial charge on any atom is 0.244 e. The lowest BCUT2D eigenvalue weighted by Crippen LogP contribution is -2.47. The van der Waals surface area contributed by atoms with Crippen molar-refractivity contribution < 1.29 is 27.8 Å². The molecule has 2 aromatic heterocycles. The van der Waals surface area contributed by atoms with E-state index in [0.29, 0.717) is 31.7 Å². The second-order valence-corrected chi connectivity index (χ2v) is 12.0. The first-order valence-corrected chi connectivity index (χ1v) is 14.7. The minimum atomic E-state index is -3.91. The molecule has 216 valence electrons. The Morgan fingerprint density at radius 1 is 1.20 bits per heavy atom. The van der Waals surface area contributed by atoms with Gasteiger partial charge in [-0.2, -0.15) is 4.31 Å². The summed E-state index contributed by atoms with van der Waals surface area (Å²) in [5.41, 5.74) is 0.745. The van der Waals surface area contributed by atoms with E-state index in [9.17, 15) is 18.3 Å². The van der Waals surface area contributed by atoms with Crippen molar-refractivity contribution in [2.24, 2.45) is 5.92 Å². The fourth-order valence-electron chi connectivity index (χ4n) is 4.47. The number of carbonyl (C=O) groups excluding carboxylic acids is 1. The zero-order valence-electron chi connectivity index (χ0n) is 23.0. The van der Waals surface area contributed by atoms with Gasteiger partial charge in [0.2, 0.25) is 21.8 Å². The number of rotatable bonds is 8. The highest BCUT2D eigenvalue weighted by atomic mass is 32.2. The number of carbonyl (C=O) groups is 1. The molecule has 12 nitrogen and oxygen atoms in total. The van der Waals surface area contributed by atoms with Crippen LogP contribution in [0.5, 0.6) is 11.6 Å². The lowest BCUT2D eigenvalue weighted by atomic mass is 10.0. The number of aryl methyl sites for hydroxylation is 1. The quantitative estimate of drug-likeness (QED) is 0.431. The second-order valence-electron chi connectivity index (χ2n) is 9.99. The van der Waals surface area contributed by atoms with Crippen LogP contribution in [0.25, 0.3) is 0 Å². The van der Waals surface area contributed by atoms with Crippen LogP contribution in [0.4, 0.5) is 0 Å². The van der Waals surface area contributed by atoms with Gasteiger partial charge in [-0.15, -0.1) is 5.10 Å². The molecule has 0 aliphatic carbocycles. The number of fused-ring (bicyclic) bond motifs is 1. The number of nitrogens with zero attached hydrogens (tertiary/aromatic N) is 6. The smallest absolute Gasteiger partial charge is 0.244 e. The molecule has 3 aromatic rings. The second kappa shape index (κ2) is 13.3. The molecule has 0 spiro atoms. The highest BCUT2D eigenvalue weighted by Gasteiger charge is 2.31. The fourth-order valence-corrected chi connectivity index (χ4v) is 5.60. The number of benzene rings is 1. The number of aliphatic hydroxyl groups is 1.